The zero-order valence-corrected chi connectivity index (χ0v) is 8.63. The summed E-state index contributed by atoms with van der Waals surface area (Å²) in [5, 5.41) is 28.0. The van der Waals surface area contributed by atoms with Crippen LogP contribution in [0.15, 0.2) is 18.2 Å². The molecule has 0 saturated carbocycles. The van der Waals surface area contributed by atoms with Gasteiger partial charge in [0.05, 0.1) is 17.6 Å². The first-order chi connectivity index (χ1) is 7.69. The molecule has 88 valence electrons. The van der Waals surface area contributed by atoms with Gasteiger partial charge in [-0.25, -0.2) is 0 Å². The van der Waals surface area contributed by atoms with Crippen molar-refractivity contribution in [2.45, 2.75) is 6.42 Å². The van der Waals surface area contributed by atoms with Crippen LogP contribution in [0, 0.1) is 10.1 Å². The van der Waals surface area contributed by atoms with Crippen molar-refractivity contribution in [1.82, 2.24) is 0 Å². The van der Waals surface area contributed by atoms with Gasteiger partial charge in [-0.3, -0.25) is 10.1 Å². The van der Waals surface area contributed by atoms with Gasteiger partial charge in [0.1, 0.15) is 12.4 Å². The van der Waals surface area contributed by atoms with E-state index in [9.17, 15) is 10.1 Å². The van der Waals surface area contributed by atoms with Gasteiger partial charge < -0.3 is 14.9 Å². The van der Waals surface area contributed by atoms with Gasteiger partial charge >= 0.3 is 0 Å². The fourth-order valence-corrected chi connectivity index (χ4v) is 1.27. The van der Waals surface area contributed by atoms with Crippen LogP contribution in [0.2, 0.25) is 0 Å². The van der Waals surface area contributed by atoms with Gasteiger partial charge in [-0.1, -0.05) is 0 Å². The zero-order chi connectivity index (χ0) is 12.0. The molecule has 2 N–H and O–H groups in total. The second-order valence-electron chi connectivity index (χ2n) is 3.09. The normalized spacial score (nSPS) is 10.1. The Morgan fingerprint density at radius 1 is 1.31 bits per heavy atom. The Balaban J connectivity index is 2.95. The van der Waals surface area contributed by atoms with Gasteiger partial charge in [-0.2, -0.15) is 0 Å². The molecule has 0 atom stereocenters. The van der Waals surface area contributed by atoms with Crippen molar-refractivity contribution in [3.05, 3.63) is 33.9 Å². The summed E-state index contributed by atoms with van der Waals surface area (Å²) in [4.78, 5) is 10.0. The smallest absolute Gasteiger partial charge is 0.273 e. The van der Waals surface area contributed by atoms with Crippen LogP contribution in [-0.2, 0) is 6.42 Å². The summed E-state index contributed by atoms with van der Waals surface area (Å²) in [7, 11) is 0. The highest BCUT2D eigenvalue weighted by Crippen LogP contribution is 2.25. The molecule has 0 saturated heterocycles. The molecule has 1 aromatic rings. The number of nitrogens with zero attached hydrogens (tertiary/aromatic N) is 1. The molecule has 0 unspecified atom stereocenters. The van der Waals surface area contributed by atoms with E-state index in [0.717, 1.165) is 0 Å². The third-order valence-corrected chi connectivity index (χ3v) is 1.99. The summed E-state index contributed by atoms with van der Waals surface area (Å²) in [5.41, 5.74) is 0.608. The molecule has 0 aliphatic heterocycles. The van der Waals surface area contributed by atoms with Gasteiger partial charge in [-0.05, 0) is 18.1 Å². The molecule has 0 fully saturated rings. The van der Waals surface area contributed by atoms with Gasteiger partial charge in [0, 0.05) is 12.7 Å². The molecule has 0 amide bonds. The average molecular weight is 227 g/mol. The van der Waals surface area contributed by atoms with Crippen LogP contribution in [0.4, 0.5) is 5.69 Å². The first-order valence-corrected chi connectivity index (χ1v) is 4.81. The summed E-state index contributed by atoms with van der Waals surface area (Å²) < 4.78 is 5.16. The quantitative estimate of drug-likeness (QED) is 0.545. The van der Waals surface area contributed by atoms with E-state index in [0.29, 0.717) is 17.7 Å². The Kier molecular flexibility index (Phi) is 4.68. The molecule has 0 spiro atoms. The molecule has 0 aliphatic rings. The number of rotatable bonds is 6. The Labute approximate surface area is 92.2 Å². The summed E-state index contributed by atoms with van der Waals surface area (Å²) in [6.45, 7) is -0.159. The maximum absolute atomic E-state index is 10.5. The molecular weight excluding hydrogens is 214 g/mol. The first-order valence-electron chi connectivity index (χ1n) is 4.81. The molecule has 1 rings (SSSR count). The van der Waals surface area contributed by atoms with Crippen molar-refractivity contribution in [3.63, 3.8) is 0 Å². The minimum Gasteiger partial charge on any atom is -0.491 e. The fraction of sp³-hybridized carbons (Fsp3) is 0.400. The van der Waals surface area contributed by atoms with E-state index in [1.165, 1.54) is 12.1 Å². The zero-order valence-electron chi connectivity index (χ0n) is 8.63. The number of ether oxygens (including phenoxy) is 1. The van der Waals surface area contributed by atoms with Crippen molar-refractivity contribution in [2.75, 3.05) is 19.8 Å². The molecule has 0 bridgehead atoms. The average Bonchev–Trinajstić information content (AvgIpc) is 2.27. The summed E-state index contributed by atoms with van der Waals surface area (Å²) in [6.07, 6.45) is 0.360. The largest absolute Gasteiger partial charge is 0.491 e. The lowest BCUT2D eigenvalue weighted by molar-refractivity contribution is -0.385. The maximum atomic E-state index is 10.5. The number of nitro benzene ring substituents is 1. The maximum Gasteiger partial charge on any atom is 0.273 e. The molecule has 0 radical (unpaired) electrons. The number of aliphatic hydroxyl groups excluding tert-OH is 2. The SMILES string of the molecule is O=[N+]([O-])c1ccc(CCO)c(OCCO)c1. The van der Waals surface area contributed by atoms with Crippen LogP contribution in [-0.4, -0.2) is 35.0 Å². The van der Waals surface area contributed by atoms with E-state index < -0.39 is 4.92 Å². The van der Waals surface area contributed by atoms with Crippen LogP contribution < -0.4 is 4.74 Å². The lowest BCUT2D eigenvalue weighted by Gasteiger charge is -2.09. The Morgan fingerprint density at radius 2 is 2.06 bits per heavy atom. The van der Waals surface area contributed by atoms with Gasteiger partial charge in [0.15, 0.2) is 0 Å². The number of nitro groups is 1. The van der Waals surface area contributed by atoms with E-state index >= 15 is 0 Å². The Bertz CT molecular complexity index is 366. The Hall–Kier alpha value is -1.66. The second-order valence-corrected chi connectivity index (χ2v) is 3.09. The number of hydrogen-bond donors (Lipinski definition) is 2. The van der Waals surface area contributed by atoms with Crippen molar-refractivity contribution in [2.24, 2.45) is 0 Å². The minimum atomic E-state index is -0.519. The van der Waals surface area contributed by atoms with E-state index in [-0.39, 0.29) is 25.5 Å². The molecule has 0 aliphatic carbocycles. The summed E-state index contributed by atoms with van der Waals surface area (Å²) in [5.74, 6) is 0.331. The number of benzene rings is 1. The lowest BCUT2D eigenvalue weighted by Crippen LogP contribution is -2.05. The Morgan fingerprint density at radius 3 is 2.62 bits per heavy atom. The van der Waals surface area contributed by atoms with Crippen LogP contribution >= 0.6 is 0 Å². The van der Waals surface area contributed by atoms with Gasteiger partial charge in [-0.15, -0.1) is 0 Å². The van der Waals surface area contributed by atoms with Crippen LogP contribution in [0.25, 0.3) is 0 Å². The predicted molar refractivity (Wildman–Crippen MR) is 56.5 cm³/mol. The minimum absolute atomic E-state index is 0.0622. The molecule has 6 heteroatoms. The molecular formula is C10H13NO5. The fourth-order valence-electron chi connectivity index (χ4n) is 1.27. The highest BCUT2D eigenvalue weighted by Gasteiger charge is 2.11. The predicted octanol–water partition coefficient (Wildman–Crippen LogP) is 0.501. The van der Waals surface area contributed by atoms with Crippen LogP contribution in [0.1, 0.15) is 5.56 Å². The lowest BCUT2D eigenvalue weighted by atomic mass is 10.1. The third kappa shape index (κ3) is 3.18. The van der Waals surface area contributed by atoms with Crippen molar-refractivity contribution >= 4 is 5.69 Å². The van der Waals surface area contributed by atoms with Crippen molar-refractivity contribution in [3.8, 4) is 5.75 Å². The number of aliphatic hydroxyl groups is 2. The van der Waals surface area contributed by atoms with Crippen molar-refractivity contribution < 1.29 is 19.9 Å². The molecule has 6 nitrogen and oxygen atoms in total. The van der Waals surface area contributed by atoms with Gasteiger partial charge in [0.25, 0.3) is 5.69 Å². The first kappa shape index (κ1) is 12.4. The van der Waals surface area contributed by atoms with Crippen molar-refractivity contribution in [1.29, 1.82) is 0 Å². The van der Waals surface area contributed by atoms with E-state index in [4.69, 9.17) is 14.9 Å². The second kappa shape index (κ2) is 6.04. The van der Waals surface area contributed by atoms with E-state index in [2.05, 4.69) is 0 Å². The molecule has 0 heterocycles. The molecule has 1 aromatic carbocycles. The van der Waals surface area contributed by atoms with Crippen LogP contribution in [0.5, 0.6) is 5.75 Å². The number of non-ortho nitro benzene ring substituents is 1. The standard InChI is InChI=1S/C10H13NO5/c12-4-3-8-1-2-9(11(14)15)7-10(8)16-6-5-13/h1-2,7,12-13H,3-6H2. The van der Waals surface area contributed by atoms with E-state index in [1.807, 2.05) is 0 Å². The number of hydrogen-bond acceptors (Lipinski definition) is 5. The van der Waals surface area contributed by atoms with E-state index in [1.54, 1.807) is 6.07 Å². The topological polar surface area (TPSA) is 92.8 Å². The highest BCUT2D eigenvalue weighted by molar-refractivity contribution is 5.44. The summed E-state index contributed by atoms with van der Waals surface area (Å²) in [6, 6.07) is 4.19. The highest BCUT2D eigenvalue weighted by atomic mass is 16.6. The van der Waals surface area contributed by atoms with Crippen LogP contribution in [0.3, 0.4) is 0 Å². The third-order valence-electron chi connectivity index (χ3n) is 1.99. The molecule has 0 aromatic heterocycles. The summed E-state index contributed by atoms with van der Waals surface area (Å²) >= 11 is 0. The van der Waals surface area contributed by atoms with Gasteiger partial charge in [0.2, 0.25) is 0 Å². The molecule has 16 heavy (non-hydrogen) atoms. The monoisotopic (exact) mass is 227 g/mol.